The molecule has 2 aromatic rings. The maximum absolute atomic E-state index is 6.13. The number of aryl methyl sites for hydroxylation is 1. The Kier molecular flexibility index (Phi) is 5.27. The topological polar surface area (TPSA) is 12.5 Å². The zero-order chi connectivity index (χ0) is 18.9. The summed E-state index contributed by atoms with van der Waals surface area (Å²) in [4.78, 5) is 2.68. The van der Waals surface area contributed by atoms with Gasteiger partial charge in [-0.25, -0.2) is 0 Å². The molecule has 2 aromatic carbocycles. The normalized spacial score (nSPS) is 19.2. The highest BCUT2D eigenvalue weighted by Gasteiger charge is 2.31. The van der Waals surface area contributed by atoms with Crippen LogP contribution in [0.5, 0.6) is 5.75 Å². The van der Waals surface area contributed by atoms with Crippen molar-refractivity contribution in [1.29, 1.82) is 0 Å². The van der Waals surface area contributed by atoms with Crippen molar-refractivity contribution < 1.29 is 4.74 Å². The van der Waals surface area contributed by atoms with Gasteiger partial charge in [-0.2, -0.15) is 0 Å². The molecular formula is C25H33NO. The molecule has 1 heterocycles. The van der Waals surface area contributed by atoms with E-state index in [1.807, 2.05) is 0 Å². The number of rotatable bonds is 6. The molecule has 144 valence electrons. The van der Waals surface area contributed by atoms with Gasteiger partial charge in [0.2, 0.25) is 0 Å². The van der Waals surface area contributed by atoms with Crippen LogP contribution < -0.4 is 4.74 Å². The molecular weight excluding hydrogens is 330 g/mol. The Morgan fingerprint density at radius 2 is 1.41 bits per heavy atom. The number of hydrogen-bond acceptors (Lipinski definition) is 2. The molecule has 2 nitrogen and oxygen atoms in total. The quantitative estimate of drug-likeness (QED) is 0.665. The lowest BCUT2D eigenvalue weighted by atomic mass is 9.78. The minimum atomic E-state index is 0.00185. The Morgan fingerprint density at radius 3 is 1.96 bits per heavy atom. The Labute approximate surface area is 164 Å². The summed E-state index contributed by atoms with van der Waals surface area (Å²) < 4.78 is 6.13. The largest absolute Gasteiger partial charge is 0.493 e. The maximum Gasteiger partial charge on any atom is 0.119 e. The van der Waals surface area contributed by atoms with Crippen molar-refractivity contribution in [1.82, 2.24) is 4.90 Å². The Morgan fingerprint density at radius 1 is 0.852 bits per heavy atom. The van der Waals surface area contributed by atoms with E-state index in [-0.39, 0.29) is 5.41 Å². The summed E-state index contributed by atoms with van der Waals surface area (Å²) in [5.41, 5.74) is 3.99. The van der Waals surface area contributed by atoms with Crippen LogP contribution in [0.1, 0.15) is 56.2 Å². The Hall–Kier alpha value is -1.80. The number of likely N-dealkylation sites (tertiary alicyclic amines) is 1. The van der Waals surface area contributed by atoms with Crippen LogP contribution in [-0.2, 0) is 5.41 Å². The van der Waals surface area contributed by atoms with Gasteiger partial charge in [0.1, 0.15) is 5.75 Å². The predicted octanol–water partition coefficient (Wildman–Crippen LogP) is 5.57. The van der Waals surface area contributed by atoms with E-state index < -0.39 is 0 Å². The molecule has 0 radical (unpaired) electrons. The highest BCUT2D eigenvalue weighted by Crippen LogP contribution is 2.33. The monoisotopic (exact) mass is 363 g/mol. The van der Waals surface area contributed by atoms with Crippen molar-refractivity contribution in [3.8, 4) is 5.75 Å². The Balaban J connectivity index is 1.32. The molecule has 2 fully saturated rings. The van der Waals surface area contributed by atoms with Crippen LogP contribution in [0, 0.1) is 12.8 Å². The number of nitrogens with zero attached hydrogens (tertiary/aromatic N) is 1. The lowest BCUT2D eigenvalue weighted by Gasteiger charge is -2.31. The summed E-state index contributed by atoms with van der Waals surface area (Å²) in [6.07, 6.45) is 5.42. The van der Waals surface area contributed by atoms with Gasteiger partial charge < -0.3 is 9.64 Å². The van der Waals surface area contributed by atoms with Gasteiger partial charge in [0.15, 0.2) is 0 Å². The third-order valence-electron chi connectivity index (χ3n) is 6.55. The highest BCUT2D eigenvalue weighted by molar-refractivity contribution is 5.40. The van der Waals surface area contributed by atoms with E-state index >= 15 is 0 Å². The van der Waals surface area contributed by atoms with Gasteiger partial charge in [-0.3, -0.25) is 0 Å². The fourth-order valence-electron chi connectivity index (χ4n) is 4.24. The van der Waals surface area contributed by atoms with E-state index in [4.69, 9.17) is 4.74 Å². The van der Waals surface area contributed by atoms with E-state index in [0.717, 1.165) is 18.4 Å². The predicted molar refractivity (Wildman–Crippen MR) is 113 cm³/mol. The average molecular weight is 364 g/mol. The molecule has 1 aliphatic carbocycles. The van der Waals surface area contributed by atoms with Gasteiger partial charge in [0.25, 0.3) is 0 Å². The third-order valence-corrected chi connectivity index (χ3v) is 6.55. The van der Waals surface area contributed by atoms with Gasteiger partial charge in [-0.1, -0.05) is 55.8 Å². The lowest BCUT2D eigenvalue weighted by Crippen LogP contribution is -2.36. The lowest BCUT2D eigenvalue weighted by molar-refractivity contribution is 0.136. The molecule has 1 saturated heterocycles. The molecule has 0 bridgehead atoms. The van der Waals surface area contributed by atoms with Gasteiger partial charge in [0, 0.05) is 11.5 Å². The van der Waals surface area contributed by atoms with Crippen LogP contribution in [-0.4, -0.2) is 30.6 Å². The molecule has 0 amide bonds. The average Bonchev–Trinajstić information content (AvgIpc) is 3.53. The Bertz CT molecular complexity index is 735. The first-order valence-corrected chi connectivity index (χ1v) is 10.6. The van der Waals surface area contributed by atoms with Crippen molar-refractivity contribution in [2.45, 2.75) is 57.9 Å². The number of hydrogen-bond donors (Lipinski definition) is 0. The molecule has 0 unspecified atom stereocenters. The summed E-state index contributed by atoms with van der Waals surface area (Å²) in [6, 6.07) is 18.5. The van der Waals surface area contributed by atoms with Crippen LogP contribution in [0.25, 0.3) is 0 Å². The second-order valence-electron chi connectivity index (χ2n) is 9.04. The summed E-state index contributed by atoms with van der Waals surface area (Å²) in [6.45, 7) is 10.1. The van der Waals surface area contributed by atoms with Gasteiger partial charge in [-0.15, -0.1) is 0 Å². The van der Waals surface area contributed by atoms with E-state index in [9.17, 15) is 0 Å². The molecule has 27 heavy (non-hydrogen) atoms. The highest BCUT2D eigenvalue weighted by atomic mass is 16.5. The zero-order valence-corrected chi connectivity index (χ0v) is 17.1. The second-order valence-corrected chi connectivity index (χ2v) is 9.04. The first-order valence-electron chi connectivity index (χ1n) is 10.6. The number of piperidine rings is 1. The fraction of sp³-hybridized carbons (Fsp3) is 0.520. The van der Waals surface area contributed by atoms with Crippen molar-refractivity contribution in [3.63, 3.8) is 0 Å². The molecule has 1 saturated carbocycles. The number of benzene rings is 2. The van der Waals surface area contributed by atoms with Crippen molar-refractivity contribution in [2.75, 3.05) is 19.7 Å². The fourth-order valence-corrected chi connectivity index (χ4v) is 4.24. The molecule has 0 spiro atoms. The summed E-state index contributed by atoms with van der Waals surface area (Å²) >= 11 is 0. The number of ether oxygens (including phenoxy) is 1. The molecule has 4 rings (SSSR count). The van der Waals surface area contributed by atoms with Gasteiger partial charge in [0.05, 0.1) is 6.61 Å². The van der Waals surface area contributed by atoms with Crippen LogP contribution in [0.15, 0.2) is 48.5 Å². The smallest absolute Gasteiger partial charge is 0.119 e. The first kappa shape index (κ1) is 18.6. The van der Waals surface area contributed by atoms with Crippen LogP contribution in [0.3, 0.4) is 0 Å². The van der Waals surface area contributed by atoms with Crippen molar-refractivity contribution in [3.05, 3.63) is 65.2 Å². The van der Waals surface area contributed by atoms with Crippen molar-refractivity contribution >= 4 is 0 Å². The minimum absolute atomic E-state index is 0.00185. The van der Waals surface area contributed by atoms with Crippen LogP contribution >= 0.6 is 0 Å². The molecule has 1 aliphatic heterocycles. The van der Waals surface area contributed by atoms with E-state index in [1.165, 1.54) is 55.5 Å². The third kappa shape index (κ3) is 4.38. The molecule has 2 aliphatic rings. The molecule has 2 heteroatoms. The standard InChI is InChI=1S/C25H33NO/c1-19-4-6-21(7-5-19)25(2,3)22-8-12-24(13-9-22)27-18-20-14-16-26(17-15-20)23-10-11-23/h4-9,12-13,20,23H,10-11,14-18H2,1-3H3. The van der Waals surface area contributed by atoms with Crippen LogP contribution in [0.4, 0.5) is 0 Å². The first-order chi connectivity index (χ1) is 13.0. The zero-order valence-electron chi connectivity index (χ0n) is 17.1. The minimum Gasteiger partial charge on any atom is -0.493 e. The molecule has 0 N–H and O–H groups in total. The SMILES string of the molecule is Cc1ccc(C(C)(C)c2ccc(OCC3CCN(C4CC4)CC3)cc2)cc1. The van der Waals surface area contributed by atoms with E-state index in [2.05, 4.69) is 74.2 Å². The van der Waals surface area contributed by atoms with E-state index in [1.54, 1.807) is 0 Å². The summed E-state index contributed by atoms with van der Waals surface area (Å²) in [5, 5.41) is 0. The molecule has 0 atom stereocenters. The van der Waals surface area contributed by atoms with Crippen LogP contribution in [0.2, 0.25) is 0 Å². The van der Waals surface area contributed by atoms with Crippen molar-refractivity contribution in [2.24, 2.45) is 5.92 Å². The van der Waals surface area contributed by atoms with E-state index in [0.29, 0.717) is 5.92 Å². The molecule has 0 aromatic heterocycles. The van der Waals surface area contributed by atoms with Gasteiger partial charge >= 0.3 is 0 Å². The van der Waals surface area contributed by atoms with Gasteiger partial charge in [-0.05, 0) is 74.9 Å². The second kappa shape index (κ2) is 7.67. The summed E-state index contributed by atoms with van der Waals surface area (Å²) in [5.74, 6) is 1.71. The maximum atomic E-state index is 6.13. The summed E-state index contributed by atoms with van der Waals surface area (Å²) in [7, 11) is 0.